The van der Waals surface area contributed by atoms with Gasteiger partial charge in [-0.3, -0.25) is 14.4 Å². The molecule has 0 saturated carbocycles. The van der Waals surface area contributed by atoms with Crippen LogP contribution in [0.4, 0.5) is 5.69 Å². The van der Waals surface area contributed by atoms with Gasteiger partial charge in [-0.05, 0) is 48.0 Å². The van der Waals surface area contributed by atoms with Crippen LogP contribution in [0.2, 0.25) is 5.02 Å². The Labute approximate surface area is 213 Å². The lowest BCUT2D eigenvalue weighted by Gasteiger charge is -2.28. The van der Waals surface area contributed by atoms with Crippen molar-refractivity contribution in [2.75, 3.05) is 18.6 Å². The third-order valence-electron chi connectivity index (χ3n) is 5.77. The number of anilines is 1. The molecule has 1 fully saturated rings. The maximum absolute atomic E-state index is 13.4. The first kappa shape index (κ1) is 24.9. The van der Waals surface area contributed by atoms with E-state index in [2.05, 4.69) is 4.74 Å². The van der Waals surface area contributed by atoms with Gasteiger partial charge in [0.2, 0.25) is 5.91 Å². The van der Waals surface area contributed by atoms with Crippen molar-refractivity contribution in [2.24, 2.45) is 0 Å². The summed E-state index contributed by atoms with van der Waals surface area (Å²) in [7, 11) is 1.26. The number of benzene rings is 3. The molecule has 1 aliphatic heterocycles. The highest BCUT2D eigenvalue weighted by molar-refractivity contribution is 6.31. The number of amides is 3. The van der Waals surface area contributed by atoms with E-state index in [1.165, 1.54) is 36.3 Å². The van der Waals surface area contributed by atoms with Gasteiger partial charge in [0.15, 0.2) is 6.61 Å². The number of carbonyl (C=O) groups excluding carboxylic acids is 4. The minimum atomic E-state index is -1.04. The van der Waals surface area contributed by atoms with Crippen LogP contribution in [-0.2, 0) is 25.7 Å². The van der Waals surface area contributed by atoms with E-state index in [1.807, 2.05) is 6.07 Å². The average Bonchev–Trinajstić information content (AvgIpc) is 3.20. The first-order chi connectivity index (χ1) is 17.4. The summed E-state index contributed by atoms with van der Waals surface area (Å²) in [6.45, 7) is -0.296. The Bertz CT molecular complexity index is 1280. The highest BCUT2D eigenvalue weighted by Crippen LogP contribution is 2.28. The van der Waals surface area contributed by atoms with E-state index >= 15 is 0 Å². The number of halogens is 1. The third kappa shape index (κ3) is 5.39. The Morgan fingerprint density at radius 2 is 1.64 bits per heavy atom. The fourth-order valence-corrected chi connectivity index (χ4v) is 4.12. The minimum absolute atomic E-state index is 0.0233. The van der Waals surface area contributed by atoms with Gasteiger partial charge in [-0.2, -0.15) is 0 Å². The summed E-state index contributed by atoms with van der Waals surface area (Å²) >= 11 is 6.33. The maximum atomic E-state index is 13.4. The molecule has 4 rings (SSSR count). The van der Waals surface area contributed by atoms with Crippen molar-refractivity contribution in [2.45, 2.75) is 19.0 Å². The molecule has 1 heterocycles. The van der Waals surface area contributed by atoms with Crippen LogP contribution >= 0.6 is 11.6 Å². The number of rotatable bonds is 8. The number of methoxy groups -OCH3 is 1. The number of imide groups is 1. The normalized spacial score (nSPS) is 15.1. The summed E-state index contributed by atoms with van der Waals surface area (Å²) in [6, 6.07) is 20.7. The zero-order valence-electron chi connectivity index (χ0n) is 19.4. The van der Waals surface area contributed by atoms with E-state index in [0.29, 0.717) is 22.0 Å². The molecule has 1 atom stereocenters. The van der Waals surface area contributed by atoms with Crippen molar-refractivity contribution in [3.05, 3.63) is 95.0 Å². The van der Waals surface area contributed by atoms with E-state index in [1.54, 1.807) is 48.5 Å². The smallest absolute Gasteiger partial charge is 0.337 e. The highest BCUT2D eigenvalue weighted by Gasteiger charge is 2.44. The van der Waals surface area contributed by atoms with Crippen molar-refractivity contribution in [3.63, 3.8) is 0 Å². The van der Waals surface area contributed by atoms with Gasteiger partial charge in [0.05, 0.1) is 24.8 Å². The Morgan fingerprint density at radius 1 is 0.972 bits per heavy atom. The van der Waals surface area contributed by atoms with Crippen LogP contribution in [-0.4, -0.2) is 48.3 Å². The second kappa shape index (κ2) is 11.0. The molecule has 1 aliphatic rings. The maximum Gasteiger partial charge on any atom is 0.337 e. The van der Waals surface area contributed by atoms with Gasteiger partial charge in [-0.15, -0.1) is 0 Å². The summed E-state index contributed by atoms with van der Waals surface area (Å²) in [5, 5.41) is 0.436. The van der Waals surface area contributed by atoms with Crippen LogP contribution in [0.25, 0.3) is 0 Å². The number of nitrogens with zero attached hydrogens (tertiary/aromatic N) is 2. The molecule has 9 heteroatoms. The summed E-state index contributed by atoms with van der Waals surface area (Å²) in [5.41, 5.74) is 1.21. The standard InChI is InChI=1S/C27H23ClN2O6/c1-35-27(34)18-11-13-20(14-12-18)30-24(31)15-23(26(30)33)29(16-19-7-5-6-10-22(19)28)25(32)17-36-21-8-3-2-4-9-21/h2-14,23H,15-17H2,1H3. The minimum Gasteiger partial charge on any atom is -0.484 e. The molecule has 0 aromatic heterocycles. The first-order valence-corrected chi connectivity index (χ1v) is 11.5. The molecule has 0 radical (unpaired) electrons. The molecular formula is C27H23ClN2O6. The van der Waals surface area contributed by atoms with Gasteiger partial charge >= 0.3 is 5.97 Å². The Kier molecular flexibility index (Phi) is 7.65. The van der Waals surface area contributed by atoms with Crippen LogP contribution in [0.5, 0.6) is 5.75 Å². The Morgan fingerprint density at radius 3 is 2.31 bits per heavy atom. The van der Waals surface area contributed by atoms with Crippen molar-refractivity contribution in [1.29, 1.82) is 0 Å². The summed E-state index contributed by atoms with van der Waals surface area (Å²) in [5.74, 6) is -1.51. The van der Waals surface area contributed by atoms with Gasteiger partial charge in [-0.1, -0.05) is 48.0 Å². The van der Waals surface area contributed by atoms with Crippen LogP contribution in [0.15, 0.2) is 78.9 Å². The van der Waals surface area contributed by atoms with Crippen LogP contribution < -0.4 is 9.64 Å². The zero-order chi connectivity index (χ0) is 25.7. The number of hydrogen-bond acceptors (Lipinski definition) is 6. The molecule has 3 aromatic carbocycles. The van der Waals surface area contributed by atoms with Crippen molar-refractivity contribution >= 4 is 41.0 Å². The number of hydrogen-bond donors (Lipinski definition) is 0. The molecule has 0 N–H and O–H groups in total. The van der Waals surface area contributed by atoms with Gasteiger partial charge in [-0.25, -0.2) is 9.69 Å². The molecule has 0 spiro atoms. The highest BCUT2D eigenvalue weighted by atomic mass is 35.5. The van der Waals surface area contributed by atoms with Crippen molar-refractivity contribution in [3.8, 4) is 5.75 Å². The second-order valence-electron chi connectivity index (χ2n) is 8.04. The Hall–Kier alpha value is -4.17. The number of esters is 1. The van der Waals surface area contributed by atoms with Gasteiger partial charge in [0, 0.05) is 11.6 Å². The van der Waals surface area contributed by atoms with Gasteiger partial charge in [0.25, 0.3) is 11.8 Å². The monoisotopic (exact) mass is 506 g/mol. The average molecular weight is 507 g/mol. The van der Waals surface area contributed by atoms with Crippen molar-refractivity contribution < 1.29 is 28.7 Å². The molecule has 1 unspecified atom stereocenters. The quantitative estimate of drug-likeness (QED) is 0.340. The topological polar surface area (TPSA) is 93.2 Å². The number of carbonyl (C=O) groups is 4. The molecule has 36 heavy (non-hydrogen) atoms. The van der Waals surface area contributed by atoms with E-state index in [9.17, 15) is 19.2 Å². The largest absolute Gasteiger partial charge is 0.484 e. The summed E-state index contributed by atoms with van der Waals surface area (Å²) in [6.07, 6.45) is -0.195. The third-order valence-corrected chi connectivity index (χ3v) is 6.14. The van der Waals surface area contributed by atoms with E-state index in [-0.39, 0.29) is 25.1 Å². The summed E-state index contributed by atoms with van der Waals surface area (Å²) in [4.78, 5) is 53.7. The Balaban J connectivity index is 1.59. The molecule has 184 valence electrons. The van der Waals surface area contributed by atoms with Gasteiger partial charge in [0.1, 0.15) is 11.8 Å². The van der Waals surface area contributed by atoms with Crippen LogP contribution in [0.1, 0.15) is 22.3 Å². The van der Waals surface area contributed by atoms with Crippen LogP contribution in [0, 0.1) is 0 Å². The van der Waals surface area contributed by atoms with Crippen LogP contribution in [0.3, 0.4) is 0 Å². The fraction of sp³-hybridized carbons (Fsp3) is 0.185. The van der Waals surface area contributed by atoms with Crippen molar-refractivity contribution in [1.82, 2.24) is 4.90 Å². The molecular weight excluding hydrogens is 484 g/mol. The zero-order valence-corrected chi connectivity index (χ0v) is 20.2. The number of ether oxygens (including phenoxy) is 2. The molecule has 8 nitrogen and oxygen atoms in total. The van der Waals surface area contributed by atoms with E-state index in [0.717, 1.165) is 4.90 Å². The van der Waals surface area contributed by atoms with E-state index < -0.39 is 29.7 Å². The van der Waals surface area contributed by atoms with E-state index in [4.69, 9.17) is 16.3 Å². The first-order valence-electron chi connectivity index (χ1n) is 11.1. The molecule has 0 bridgehead atoms. The molecule has 1 saturated heterocycles. The molecule has 0 aliphatic carbocycles. The lowest BCUT2D eigenvalue weighted by atomic mass is 10.1. The lowest BCUT2D eigenvalue weighted by Crippen LogP contribution is -2.46. The lowest BCUT2D eigenvalue weighted by molar-refractivity contribution is -0.140. The SMILES string of the molecule is COC(=O)c1ccc(N2C(=O)CC(N(Cc3ccccc3Cl)C(=O)COc3ccccc3)C2=O)cc1. The molecule has 3 amide bonds. The van der Waals surface area contributed by atoms with Gasteiger partial charge < -0.3 is 14.4 Å². The second-order valence-corrected chi connectivity index (χ2v) is 8.45. The molecule has 3 aromatic rings. The predicted octanol–water partition coefficient (Wildman–Crippen LogP) is 3.87. The fourth-order valence-electron chi connectivity index (χ4n) is 3.92. The summed E-state index contributed by atoms with van der Waals surface area (Å²) < 4.78 is 10.3. The predicted molar refractivity (Wildman–Crippen MR) is 133 cm³/mol. The number of para-hydroxylation sites is 1.